The Morgan fingerprint density at radius 3 is 2.72 bits per heavy atom. The van der Waals surface area contributed by atoms with Gasteiger partial charge in [0.15, 0.2) is 0 Å². The maximum atomic E-state index is 5.49. The Balaban J connectivity index is 1.97. The van der Waals surface area contributed by atoms with Crippen molar-refractivity contribution in [2.24, 2.45) is 0 Å². The van der Waals surface area contributed by atoms with Gasteiger partial charge < -0.3 is 9.73 Å². The zero-order valence-electron chi connectivity index (χ0n) is 10.2. The molecule has 0 fully saturated rings. The van der Waals surface area contributed by atoms with Crippen molar-refractivity contribution in [3.8, 4) is 0 Å². The highest BCUT2D eigenvalue weighted by Crippen LogP contribution is 2.24. The Bertz CT molecular complexity index is 540. The van der Waals surface area contributed by atoms with Crippen molar-refractivity contribution in [2.45, 2.75) is 26.4 Å². The largest absolute Gasteiger partial charge is 0.444 e. The van der Waals surface area contributed by atoms with Crippen LogP contribution in [0.2, 0.25) is 0 Å². The minimum absolute atomic E-state index is 0.0983. The monoisotopic (exact) mass is 372 g/mol. The maximum absolute atomic E-state index is 5.49. The first-order valence-corrected chi connectivity index (χ1v) is 7.24. The van der Waals surface area contributed by atoms with Crippen LogP contribution in [0.3, 0.4) is 0 Å². The van der Waals surface area contributed by atoms with Crippen LogP contribution in [-0.2, 0) is 6.54 Å². The van der Waals surface area contributed by atoms with Gasteiger partial charge in [-0.3, -0.25) is 0 Å². The van der Waals surface area contributed by atoms with Gasteiger partial charge in [0.2, 0.25) is 5.89 Å². The molecule has 0 saturated carbocycles. The van der Waals surface area contributed by atoms with Crippen molar-refractivity contribution in [2.75, 3.05) is 0 Å². The molecule has 0 aliphatic rings. The number of rotatable bonds is 4. The zero-order chi connectivity index (χ0) is 13.1. The number of oxazole rings is 1. The van der Waals surface area contributed by atoms with E-state index in [4.69, 9.17) is 4.42 Å². The van der Waals surface area contributed by atoms with E-state index in [1.165, 1.54) is 5.56 Å². The number of hydrogen-bond acceptors (Lipinski definition) is 3. The SMILES string of the molecule is Cc1cnc(C(C)NCc2ccc(Br)c(Br)c2)o1. The standard InChI is InChI=1S/C13H14Br2N2O/c1-8-6-17-13(18-8)9(2)16-7-10-3-4-11(14)12(15)5-10/h3-6,9,16H,7H2,1-2H3. The molecule has 1 N–H and O–H groups in total. The number of aromatic nitrogens is 1. The van der Waals surface area contributed by atoms with E-state index in [2.05, 4.69) is 54.3 Å². The second-order valence-corrected chi connectivity index (χ2v) is 5.87. The lowest BCUT2D eigenvalue weighted by Gasteiger charge is -2.10. The molecule has 1 heterocycles. The van der Waals surface area contributed by atoms with E-state index in [0.29, 0.717) is 0 Å². The summed E-state index contributed by atoms with van der Waals surface area (Å²) in [6.45, 7) is 4.71. The highest BCUT2D eigenvalue weighted by atomic mass is 79.9. The molecule has 1 aromatic carbocycles. The van der Waals surface area contributed by atoms with Crippen LogP contribution in [0.4, 0.5) is 0 Å². The molecule has 2 rings (SSSR count). The van der Waals surface area contributed by atoms with Crippen LogP contribution in [-0.4, -0.2) is 4.98 Å². The van der Waals surface area contributed by atoms with Gasteiger partial charge in [0, 0.05) is 15.5 Å². The second kappa shape index (κ2) is 5.99. The van der Waals surface area contributed by atoms with Gasteiger partial charge in [0.25, 0.3) is 0 Å². The van der Waals surface area contributed by atoms with Gasteiger partial charge in [-0.05, 0) is 63.4 Å². The second-order valence-electron chi connectivity index (χ2n) is 4.16. The molecular formula is C13H14Br2N2O. The molecule has 0 aliphatic heterocycles. The van der Waals surface area contributed by atoms with Gasteiger partial charge in [-0.25, -0.2) is 4.98 Å². The summed E-state index contributed by atoms with van der Waals surface area (Å²) in [5.74, 6) is 1.56. The molecule has 0 bridgehead atoms. The molecule has 0 saturated heterocycles. The first-order chi connectivity index (χ1) is 8.56. The van der Waals surface area contributed by atoms with E-state index >= 15 is 0 Å². The molecule has 1 aromatic heterocycles. The number of hydrogen-bond donors (Lipinski definition) is 1. The molecule has 3 nitrogen and oxygen atoms in total. The van der Waals surface area contributed by atoms with Crippen molar-refractivity contribution in [3.63, 3.8) is 0 Å². The third-order valence-electron chi connectivity index (χ3n) is 2.61. The van der Waals surface area contributed by atoms with Crippen molar-refractivity contribution >= 4 is 31.9 Å². The quantitative estimate of drug-likeness (QED) is 0.865. The van der Waals surface area contributed by atoms with Crippen LogP contribution in [0.5, 0.6) is 0 Å². The number of nitrogens with zero attached hydrogens (tertiary/aromatic N) is 1. The summed E-state index contributed by atoms with van der Waals surface area (Å²) >= 11 is 6.95. The summed E-state index contributed by atoms with van der Waals surface area (Å²) in [5, 5.41) is 3.38. The molecule has 96 valence electrons. The van der Waals surface area contributed by atoms with E-state index in [1.54, 1.807) is 6.20 Å². The van der Waals surface area contributed by atoms with E-state index in [-0.39, 0.29) is 6.04 Å². The number of nitrogens with one attached hydrogen (secondary N) is 1. The van der Waals surface area contributed by atoms with Gasteiger partial charge in [0.1, 0.15) is 5.76 Å². The summed E-state index contributed by atoms with van der Waals surface area (Å²) in [7, 11) is 0. The first kappa shape index (κ1) is 13.8. The lowest BCUT2D eigenvalue weighted by atomic mass is 10.2. The summed E-state index contributed by atoms with van der Waals surface area (Å²) < 4.78 is 7.60. The van der Waals surface area contributed by atoms with E-state index in [1.807, 2.05) is 19.9 Å². The molecule has 0 aliphatic carbocycles. The average Bonchev–Trinajstić information content (AvgIpc) is 2.77. The van der Waals surface area contributed by atoms with Crippen LogP contribution < -0.4 is 5.32 Å². The highest BCUT2D eigenvalue weighted by Gasteiger charge is 2.10. The first-order valence-electron chi connectivity index (χ1n) is 5.66. The van der Waals surface area contributed by atoms with Gasteiger partial charge in [-0.1, -0.05) is 6.07 Å². The van der Waals surface area contributed by atoms with Crippen LogP contribution in [0.25, 0.3) is 0 Å². The minimum atomic E-state index is 0.0983. The van der Waals surface area contributed by atoms with Crippen molar-refractivity contribution in [1.82, 2.24) is 10.3 Å². The predicted octanol–water partition coefficient (Wildman–Crippen LogP) is 4.36. The average molecular weight is 374 g/mol. The Morgan fingerprint density at radius 2 is 2.11 bits per heavy atom. The van der Waals surface area contributed by atoms with Crippen molar-refractivity contribution in [1.29, 1.82) is 0 Å². The summed E-state index contributed by atoms with van der Waals surface area (Å²) in [4.78, 5) is 4.21. The number of benzene rings is 1. The maximum Gasteiger partial charge on any atom is 0.211 e. The molecule has 0 spiro atoms. The summed E-state index contributed by atoms with van der Waals surface area (Å²) in [6, 6.07) is 6.29. The smallest absolute Gasteiger partial charge is 0.211 e. The van der Waals surface area contributed by atoms with Gasteiger partial charge in [-0.2, -0.15) is 0 Å². The summed E-state index contributed by atoms with van der Waals surface area (Å²) in [5.41, 5.74) is 1.21. The van der Waals surface area contributed by atoms with E-state index in [9.17, 15) is 0 Å². The zero-order valence-corrected chi connectivity index (χ0v) is 13.4. The van der Waals surface area contributed by atoms with E-state index < -0.39 is 0 Å². The van der Waals surface area contributed by atoms with Crippen LogP contribution in [0, 0.1) is 6.92 Å². The Morgan fingerprint density at radius 1 is 1.33 bits per heavy atom. The summed E-state index contributed by atoms with van der Waals surface area (Å²) in [6.07, 6.45) is 1.74. The fourth-order valence-electron chi connectivity index (χ4n) is 1.58. The molecule has 5 heteroatoms. The van der Waals surface area contributed by atoms with Crippen molar-refractivity contribution in [3.05, 3.63) is 50.6 Å². The normalized spacial score (nSPS) is 12.7. The lowest BCUT2D eigenvalue weighted by molar-refractivity contribution is 0.402. The van der Waals surface area contributed by atoms with Gasteiger partial charge in [0.05, 0.1) is 12.2 Å². The molecule has 2 aromatic rings. The predicted molar refractivity (Wildman–Crippen MR) is 78.3 cm³/mol. The van der Waals surface area contributed by atoms with Crippen molar-refractivity contribution < 1.29 is 4.42 Å². The molecule has 0 radical (unpaired) electrons. The van der Waals surface area contributed by atoms with Gasteiger partial charge >= 0.3 is 0 Å². The molecule has 0 amide bonds. The van der Waals surface area contributed by atoms with Crippen LogP contribution >= 0.6 is 31.9 Å². The molecular weight excluding hydrogens is 360 g/mol. The molecule has 1 atom stereocenters. The molecule has 18 heavy (non-hydrogen) atoms. The number of halogens is 2. The third kappa shape index (κ3) is 3.43. The fourth-order valence-corrected chi connectivity index (χ4v) is 2.25. The Kier molecular flexibility index (Phi) is 4.59. The molecule has 1 unspecified atom stereocenters. The van der Waals surface area contributed by atoms with Gasteiger partial charge in [-0.15, -0.1) is 0 Å². The fraction of sp³-hybridized carbons (Fsp3) is 0.308. The van der Waals surface area contributed by atoms with E-state index in [0.717, 1.165) is 27.1 Å². The lowest BCUT2D eigenvalue weighted by Crippen LogP contribution is -2.18. The minimum Gasteiger partial charge on any atom is -0.444 e. The van der Waals surface area contributed by atoms with Crippen LogP contribution in [0.1, 0.15) is 30.2 Å². The number of aryl methyl sites for hydroxylation is 1. The topological polar surface area (TPSA) is 38.1 Å². The third-order valence-corrected chi connectivity index (χ3v) is 4.49. The Hall–Kier alpha value is -0.650. The highest BCUT2D eigenvalue weighted by molar-refractivity contribution is 9.13. The Labute approximate surface area is 123 Å². The van der Waals surface area contributed by atoms with Crippen LogP contribution in [0.15, 0.2) is 37.8 Å².